The topological polar surface area (TPSA) is 282 Å². The normalized spacial score (nSPS) is 40.4. The maximum Gasteiger partial charge on any atom is 0.312 e. The van der Waals surface area contributed by atoms with Crippen molar-refractivity contribution in [1.29, 1.82) is 0 Å². The van der Waals surface area contributed by atoms with E-state index in [1.807, 2.05) is 99.6 Å². The van der Waals surface area contributed by atoms with Crippen LogP contribution < -0.4 is 0 Å². The summed E-state index contributed by atoms with van der Waals surface area (Å²) in [6.45, 7) is 33.7. The highest BCUT2D eigenvalue weighted by atomic mass is 16.7. The number of aliphatic hydroxyl groups is 3. The molecule has 26 atom stereocenters. The first-order chi connectivity index (χ1) is 50.9. The van der Waals surface area contributed by atoms with E-state index < -0.39 is 83.9 Å². The summed E-state index contributed by atoms with van der Waals surface area (Å²) in [4.78, 5) is 87.1. The van der Waals surface area contributed by atoms with E-state index in [1.165, 1.54) is 6.08 Å². The molecular weight excluding hydrogens is 1370 g/mol. The second-order valence-corrected chi connectivity index (χ2v) is 31.3. The summed E-state index contributed by atoms with van der Waals surface area (Å²) in [5.74, 6) is -4.58. The average molecular weight is 1500 g/mol. The van der Waals surface area contributed by atoms with Crippen molar-refractivity contribution < 1.29 is 101 Å². The van der Waals surface area contributed by atoms with Gasteiger partial charge in [0.05, 0.1) is 80.8 Å². The van der Waals surface area contributed by atoms with Crippen molar-refractivity contribution in [2.75, 3.05) is 47.3 Å². The fourth-order valence-electron chi connectivity index (χ4n) is 16.4. The number of esters is 3. The lowest BCUT2D eigenvalue weighted by Crippen LogP contribution is -2.61. The number of rotatable bonds is 17. The number of carbonyl (C=O) groups excluding carboxylic acids is 7. The highest BCUT2D eigenvalue weighted by molar-refractivity contribution is 5.92. The summed E-state index contributed by atoms with van der Waals surface area (Å²) >= 11 is 0. The van der Waals surface area contributed by atoms with Crippen LogP contribution in [0.2, 0.25) is 0 Å². The van der Waals surface area contributed by atoms with Gasteiger partial charge in [-0.3, -0.25) is 24.0 Å². The minimum Gasteiger partial charge on any atom is -0.462 e. The molecule has 7 rings (SSSR count). The van der Waals surface area contributed by atoms with E-state index in [4.69, 9.17) is 52.1 Å². The van der Waals surface area contributed by atoms with Crippen molar-refractivity contribution in [3.63, 3.8) is 0 Å². The summed E-state index contributed by atoms with van der Waals surface area (Å²) in [6.07, 6.45) is 26.7. The van der Waals surface area contributed by atoms with E-state index in [0.29, 0.717) is 89.3 Å². The Balaban J connectivity index is 0.000000297. The SMILES string of the molecule is CCCO[C@H]1[C@@H](CC=O)C[C@@H](C)C(=O)/C=C/C=C/C[C@@H](C)OC(=O)C[C@@H](O)[C@@H]1C.CCO[C@@H]1/C(C)=C/C[C@@H]2C[C@@H](C[C@]3(C=C[C@H](C)[C@@H](C(C)CC)O3)O2)OC(=O)[C@@H]2CC(C)[C@@H](OC)[C@H]3OC/C(=C\C=C\[C@@H]1C)[C@]32O.CCO[C@H]1[C@@H](CC=O)C[C@@H](C)C(=O)/C=C/C(C)=C/[C@H](COC)[C@H](CC)OC(=O)C[C@@H](O)[C@@H]1C. The van der Waals surface area contributed by atoms with Crippen molar-refractivity contribution in [3.05, 3.63) is 95.7 Å². The fraction of sp³-hybridized carbons (Fsp3) is 0.733. The van der Waals surface area contributed by atoms with Crippen molar-refractivity contribution in [2.45, 2.75) is 285 Å². The molecule has 0 radical (unpaired) electrons. The van der Waals surface area contributed by atoms with Gasteiger partial charge >= 0.3 is 17.9 Å². The van der Waals surface area contributed by atoms with Gasteiger partial charge in [-0.2, -0.15) is 0 Å². The molecule has 1 spiro atoms. The number of hydrogen-bond acceptors (Lipinski definition) is 21. The third-order valence-electron chi connectivity index (χ3n) is 22.7. The van der Waals surface area contributed by atoms with Gasteiger partial charge in [-0.05, 0) is 126 Å². The lowest BCUT2D eigenvalue weighted by atomic mass is 9.66. The van der Waals surface area contributed by atoms with Crippen LogP contribution in [0.1, 0.15) is 201 Å². The Hall–Kier alpha value is -5.43. The first kappa shape index (κ1) is 92.2. The van der Waals surface area contributed by atoms with Gasteiger partial charge in [0.25, 0.3) is 0 Å². The molecule has 21 nitrogen and oxygen atoms in total. The van der Waals surface area contributed by atoms with Gasteiger partial charge in [0.2, 0.25) is 0 Å². The van der Waals surface area contributed by atoms with Crippen LogP contribution in [0.4, 0.5) is 0 Å². The summed E-state index contributed by atoms with van der Waals surface area (Å²) in [5.41, 5.74) is 1.13. The Morgan fingerprint density at radius 2 is 1.31 bits per heavy atom. The standard InChI is InChI=1S/C37H56O8.C26H42O7.C23H36O6/c1-9-22(3)32-25(6)16-17-36(45-32)20-29-19-28(44-36)15-14-24(5)31(41-10-2)23(4)12-11-13-27-21-42-34-33(40-8)26(7)18-30(35(38)43-29)37(27,34)39;1-7-24-21(16-31-6)13-17(3)9-10-22(28)18(4)14-20(11-12-27)26(32-8-2)19(5)23(29)15-25(30)33-24;1-5-13-28-23-18(4)21(26)15-22(27)29-17(3)9-7-6-8-10-20(25)16(2)14-19(23)11-12-24/h11-14,16-17,22-23,25-26,28-34,39H,9-10,15,18-21H2,1-8H3;9-10,12-13,18-21,23-24,26,29H,7-8,11,14-16H2,1-6H3;6-8,10,12,16-19,21,23,26H,5,9,11,13-15H2,1-4H3/b12-11+,24-14+,27-13+;10-9+,17-13+;7-6+,10-8+/t22?,23-,25-,26?,28+,29-,30-,31-,32+,33+,34+,36+,37+;18-,19+,20+,21-,23-,24+,26-;16-,17-,18+,19+,21-,23-/m011/s1. The Morgan fingerprint density at radius 1 is 0.682 bits per heavy atom. The van der Waals surface area contributed by atoms with E-state index in [2.05, 4.69) is 52.8 Å². The van der Waals surface area contributed by atoms with E-state index in [9.17, 15) is 48.9 Å². The smallest absolute Gasteiger partial charge is 0.312 e. The Morgan fingerprint density at radius 3 is 1.90 bits per heavy atom. The quantitative estimate of drug-likeness (QED) is 0.0528. The van der Waals surface area contributed by atoms with Crippen molar-refractivity contribution >= 4 is 42.0 Å². The molecule has 6 heterocycles. The molecule has 7 aliphatic rings. The molecule has 1 saturated carbocycles. The molecule has 2 unspecified atom stereocenters. The summed E-state index contributed by atoms with van der Waals surface area (Å²) in [5, 5.41) is 34.0. The molecular formula is C86H134O21. The molecule has 0 aromatic rings. The number of cyclic esters (lactones) is 2. The number of aldehydes is 2. The number of hydrogen-bond donors (Lipinski definition) is 3. The molecule has 0 aromatic heterocycles. The zero-order chi connectivity index (χ0) is 79.3. The van der Waals surface area contributed by atoms with E-state index in [-0.39, 0.29) is 128 Å². The summed E-state index contributed by atoms with van der Waals surface area (Å²) in [7, 11) is 3.23. The van der Waals surface area contributed by atoms with Crippen LogP contribution in [0, 0.1) is 71.0 Å². The minimum atomic E-state index is -1.54. The van der Waals surface area contributed by atoms with E-state index in [1.54, 1.807) is 45.4 Å². The molecule has 2 bridgehead atoms. The van der Waals surface area contributed by atoms with Crippen LogP contribution in [-0.4, -0.2) is 189 Å². The predicted octanol–water partition coefficient (Wildman–Crippen LogP) is 13.2. The number of aliphatic hydroxyl groups excluding tert-OH is 2. The number of methoxy groups -OCH3 is 2. The monoisotopic (exact) mass is 1500 g/mol. The van der Waals surface area contributed by atoms with Gasteiger partial charge in [0.1, 0.15) is 42.6 Å². The summed E-state index contributed by atoms with van der Waals surface area (Å²) in [6, 6.07) is 0. The van der Waals surface area contributed by atoms with Gasteiger partial charge in [-0.25, -0.2) is 0 Å². The lowest BCUT2D eigenvalue weighted by molar-refractivity contribution is -0.300. The van der Waals surface area contributed by atoms with E-state index in [0.717, 1.165) is 36.6 Å². The highest BCUT2D eigenvalue weighted by Gasteiger charge is 2.63. The third kappa shape index (κ3) is 26.6. The van der Waals surface area contributed by atoms with Gasteiger partial charge in [-0.15, -0.1) is 0 Å². The molecule has 0 amide bonds. The van der Waals surface area contributed by atoms with Gasteiger partial charge in [-0.1, -0.05) is 149 Å². The number of carbonyl (C=O) groups is 7. The summed E-state index contributed by atoms with van der Waals surface area (Å²) < 4.78 is 66.7. The largest absolute Gasteiger partial charge is 0.462 e. The molecule has 2 saturated heterocycles. The van der Waals surface area contributed by atoms with Crippen LogP contribution in [-0.2, 0) is 85.7 Å². The average Bonchev–Trinajstić information content (AvgIpc) is 1.62. The third-order valence-corrected chi connectivity index (χ3v) is 22.7. The maximum absolute atomic E-state index is 14.2. The molecule has 604 valence electrons. The highest BCUT2D eigenvalue weighted by Crippen LogP contribution is 2.50. The zero-order valence-corrected chi connectivity index (χ0v) is 67.6. The fourth-order valence-corrected chi connectivity index (χ4v) is 16.4. The second-order valence-electron chi connectivity index (χ2n) is 31.3. The Kier molecular flexibility index (Phi) is 39.4. The molecule has 3 N–H and O–H groups in total. The van der Waals surface area contributed by atoms with Crippen molar-refractivity contribution in [3.8, 4) is 0 Å². The minimum absolute atomic E-state index is 0.00446. The number of ether oxygens (including phenoxy) is 11. The molecule has 6 aliphatic heterocycles. The number of allylic oxidation sites excluding steroid dienone is 8. The van der Waals surface area contributed by atoms with Crippen LogP contribution in [0.5, 0.6) is 0 Å². The van der Waals surface area contributed by atoms with Crippen LogP contribution in [0.25, 0.3) is 0 Å². The zero-order valence-electron chi connectivity index (χ0n) is 67.6. The van der Waals surface area contributed by atoms with E-state index >= 15 is 0 Å². The van der Waals surface area contributed by atoms with Crippen LogP contribution in [0.15, 0.2) is 95.7 Å². The molecule has 21 heteroatoms. The molecule has 107 heavy (non-hydrogen) atoms. The van der Waals surface area contributed by atoms with Crippen LogP contribution >= 0.6 is 0 Å². The maximum atomic E-state index is 14.2. The lowest BCUT2D eigenvalue weighted by Gasteiger charge is -2.49. The number of fused-ring (bicyclic) bond motifs is 2. The van der Waals surface area contributed by atoms with Gasteiger partial charge in [0.15, 0.2) is 17.4 Å². The van der Waals surface area contributed by atoms with Crippen molar-refractivity contribution in [1.82, 2.24) is 0 Å². The van der Waals surface area contributed by atoms with Crippen molar-refractivity contribution in [2.24, 2.45) is 71.0 Å². The Labute approximate surface area is 639 Å². The Bertz CT molecular complexity index is 3050. The first-order valence-corrected chi connectivity index (χ1v) is 39.8. The predicted molar refractivity (Wildman–Crippen MR) is 410 cm³/mol. The second kappa shape index (κ2) is 45.8. The molecule has 0 aromatic carbocycles. The molecule has 1 aliphatic carbocycles. The van der Waals surface area contributed by atoms with Crippen LogP contribution in [0.3, 0.4) is 0 Å². The molecule has 3 fully saturated rings. The van der Waals surface area contributed by atoms with Gasteiger partial charge < -0.3 is 77.0 Å². The van der Waals surface area contributed by atoms with Gasteiger partial charge in [0, 0.05) is 108 Å². The number of ketones is 2. The first-order valence-electron chi connectivity index (χ1n) is 39.8.